The fourth-order valence-corrected chi connectivity index (χ4v) is 3.65. The van der Waals surface area contributed by atoms with Gasteiger partial charge in [-0.1, -0.05) is 42.5 Å². The Bertz CT molecular complexity index is 800. The van der Waals surface area contributed by atoms with E-state index < -0.39 is 0 Å². The number of piperidine rings is 1. The largest absolute Gasteiger partial charge is 0.444 e. The molecule has 4 rings (SSSR count). The van der Waals surface area contributed by atoms with E-state index in [2.05, 4.69) is 64.5 Å². The molecule has 0 N–H and O–H groups in total. The molecule has 0 saturated carbocycles. The average molecular weight is 332 g/mol. The lowest BCUT2D eigenvalue weighted by atomic mass is 9.89. The van der Waals surface area contributed by atoms with Gasteiger partial charge in [-0.15, -0.1) is 0 Å². The monoisotopic (exact) mass is 332 g/mol. The van der Waals surface area contributed by atoms with Gasteiger partial charge in [0.15, 0.2) is 0 Å². The van der Waals surface area contributed by atoms with Crippen molar-refractivity contribution in [3.05, 3.63) is 77.7 Å². The molecule has 0 amide bonds. The summed E-state index contributed by atoms with van der Waals surface area (Å²) in [5, 5.41) is 0. The van der Waals surface area contributed by atoms with Crippen LogP contribution in [0.2, 0.25) is 0 Å². The SMILES string of the molecule is Cc1coc(-c2ccc(CN3CCC(c4ccccc4)CC3)cc2)n1. The summed E-state index contributed by atoms with van der Waals surface area (Å²) in [4.78, 5) is 6.95. The molecule has 1 fully saturated rings. The minimum absolute atomic E-state index is 0.702. The second-order valence-corrected chi connectivity index (χ2v) is 6.95. The van der Waals surface area contributed by atoms with Crippen molar-refractivity contribution >= 4 is 0 Å². The molecule has 128 valence electrons. The highest BCUT2D eigenvalue weighted by molar-refractivity contribution is 5.53. The molecule has 0 unspecified atom stereocenters. The van der Waals surface area contributed by atoms with Gasteiger partial charge in [-0.25, -0.2) is 4.98 Å². The maximum Gasteiger partial charge on any atom is 0.226 e. The van der Waals surface area contributed by atoms with Crippen LogP contribution in [-0.2, 0) is 6.54 Å². The Hall–Kier alpha value is -2.39. The van der Waals surface area contributed by atoms with Crippen molar-refractivity contribution in [2.24, 2.45) is 0 Å². The number of hydrogen-bond acceptors (Lipinski definition) is 3. The number of rotatable bonds is 4. The molecule has 1 aliphatic heterocycles. The summed E-state index contributed by atoms with van der Waals surface area (Å²) in [7, 11) is 0. The van der Waals surface area contributed by atoms with Crippen molar-refractivity contribution in [2.75, 3.05) is 13.1 Å². The molecule has 1 saturated heterocycles. The molecule has 1 aliphatic rings. The van der Waals surface area contributed by atoms with Crippen LogP contribution in [0.25, 0.3) is 11.5 Å². The summed E-state index contributed by atoms with van der Waals surface area (Å²) >= 11 is 0. The quantitative estimate of drug-likeness (QED) is 0.671. The molecule has 0 bridgehead atoms. The molecule has 0 atom stereocenters. The Morgan fingerprint density at radius 3 is 2.36 bits per heavy atom. The third kappa shape index (κ3) is 3.83. The number of aryl methyl sites for hydroxylation is 1. The molecule has 3 nitrogen and oxygen atoms in total. The summed E-state index contributed by atoms with van der Waals surface area (Å²) in [6.45, 7) is 5.30. The van der Waals surface area contributed by atoms with Crippen molar-refractivity contribution in [3.63, 3.8) is 0 Å². The van der Waals surface area contributed by atoms with E-state index in [9.17, 15) is 0 Å². The number of likely N-dealkylation sites (tertiary alicyclic amines) is 1. The first-order valence-electron chi connectivity index (χ1n) is 9.07. The summed E-state index contributed by atoms with van der Waals surface area (Å²) in [6, 6.07) is 19.5. The van der Waals surface area contributed by atoms with Crippen LogP contribution in [0.1, 0.15) is 35.6 Å². The van der Waals surface area contributed by atoms with Gasteiger partial charge in [0, 0.05) is 12.1 Å². The first-order chi connectivity index (χ1) is 12.3. The Morgan fingerprint density at radius 2 is 1.72 bits per heavy atom. The summed E-state index contributed by atoms with van der Waals surface area (Å²) in [6.07, 6.45) is 4.19. The van der Waals surface area contributed by atoms with Crippen LogP contribution < -0.4 is 0 Å². The zero-order valence-corrected chi connectivity index (χ0v) is 14.7. The molecule has 1 aromatic heterocycles. The maximum atomic E-state index is 5.47. The molecule has 3 aromatic rings. The van der Waals surface area contributed by atoms with E-state index in [1.807, 2.05) is 6.92 Å². The van der Waals surface area contributed by atoms with Crippen molar-refractivity contribution in [1.82, 2.24) is 9.88 Å². The van der Waals surface area contributed by atoms with E-state index in [0.29, 0.717) is 11.8 Å². The zero-order valence-electron chi connectivity index (χ0n) is 14.7. The normalized spacial score (nSPS) is 16.2. The smallest absolute Gasteiger partial charge is 0.226 e. The number of hydrogen-bond donors (Lipinski definition) is 0. The Morgan fingerprint density at radius 1 is 1.00 bits per heavy atom. The van der Waals surface area contributed by atoms with E-state index in [1.54, 1.807) is 6.26 Å². The highest BCUT2D eigenvalue weighted by Crippen LogP contribution is 2.28. The fourth-order valence-electron chi connectivity index (χ4n) is 3.65. The van der Waals surface area contributed by atoms with Gasteiger partial charge in [0.05, 0.1) is 5.69 Å². The first kappa shape index (κ1) is 16.1. The summed E-state index contributed by atoms with van der Waals surface area (Å²) in [5.74, 6) is 1.42. The molecule has 2 heterocycles. The van der Waals surface area contributed by atoms with Gasteiger partial charge in [-0.3, -0.25) is 4.90 Å². The van der Waals surface area contributed by atoms with Crippen molar-refractivity contribution in [2.45, 2.75) is 32.2 Å². The van der Waals surface area contributed by atoms with E-state index in [4.69, 9.17) is 4.42 Å². The van der Waals surface area contributed by atoms with Crippen LogP contribution >= 0.6 is 0 Å². The minimum atomic E-state index is 0.702. The molecule has 0 aliphatic carbocycles. The van der Waals surface area contributed by atoms with Gasteiger partial charge in [-0.05, 0) is 62.0 Å². The van der Waals surface area contributed by atoms with Gasteiger partial charge in [0.25, 0.3) is 0 Å². The number of nitrogens with zero attached hydrogens (tertiary/aromatic N) is 2. The highest BCUT2D eigenvalue weighted by atomic mass is 16.3. The van der Waals surface area contributed by atoms with E-state index in [0.717, 1.165) is 17.8 Å². The molecule has 0 spiro atoms. The van der Waals surface area contributed by atoms with Crippen LogP contribution in [0.5, 0.6) is 0 Å². The summed E-state index contributed by atoms with van der Waals surface area (Å²) in [5.41, 5.74) is 4.80. The van der Waals surface area contributed by atoms with Gasteiger partial charge in [0.1, 0.15) is 6.26 Å². The van der Waals surface area contributed by atoms with Crippen molar-refractivity contribution < 1.29 is 4.42 Å². The van der Waals surface area contributed by atoms with Crippen LogP contribution in [0, 0.1) is 6.92 Å². The van der Waals surface area contributed by atoms with Crippen LogP contribution in [0.3, 0.4) is 0 Å². The van der Waals surface area contributed by atoms with Gasteiger partial charge in [0.2, 0.25) is 5.89 Å². The van der Waals surface area contributed by atoms with Crippen molar-refractivity contribution in [1.29, 1.82) is 0 Å². The lowest BCUT2D eigenvalue weighted by molar-refractivity contribution is 0.204. The molecular formula is C22H24N2O. The number of oxazole rings is 1. The first-order valence-corrected chi connectivity index (χ1v) is 9.07. The topological polar surface area (TPSA) is 29.3 Å². The molecule has 2 aromatic carbocycles. The molecular weight excluding hydrogens is 308 g/mol. The standard InChI is InChI=1S/C22H24N2O/c1-17-16-25-22(23-17)21-9-7-18(8-10-21)15-24-13-11-20(12-14-24)19-5-3-2-4-6-19/h2-10,16,20H,11-15H2,1H3. The lowest BCUT2D eigenvalue weighted by Gasteiger charge is -2.32. The minimum Gasteiger partial charge on any atom is -0.444 e. The van der Waals surface area contributed by atoms with Crippen molar-refractivity contribution in [3.8, 4) is 11.5 Å². The van der Waals surface area contributed by atoms with Crippen LogP contribution in [-0.4, -0.2) is 23.0 Å². The highest BCUT2D eigenvalue weighted by Gasteiger charge is 2.20. The van der Waals surface area contributed by atoms with Crippen LogP contribution in [0.4, 0.5) is 0 Å². The molecule has 0 radical (unpaired) electrons. The second-order valence-electron chi connectivity index (χ2n) is 6.95. The van der Waals surface area contributed by atoms with E-state index >= 15 is 0 Å². The lowest BCUT2D eigenvalue weighted by Crippen LogP contribution is -2.32. The van der Waals surface area contributed by atoms with Crippen LogP contribution in [0.15, 0.2) is 65.3 Å². The summed E-state index contributed by atoms with van der Waals surface area (Å²) < 4.78 is 5.47. The zero-order chi connectivity index (χ0) is 17.1. The predicted octanol–water partition coefficient (Wildman–Crippen LogP) is 5.03. The van der Waals surface area contributed by atoms with Gasteiger partial charge in [-0.2, -0.15) is 0 Å². The number of aromatic nitrogens is 1. The van der Waals surface area contributed by atoms with E-state index in [-0.39, 0.29) is 0 Å². The number of benzene rings is 2. The van der Waals surface area contributed by atoms with E-state index in [1.165, 1.54) is 37.1 Å². The maximum absolute atomic E-state index is 5.47. The molecule has 25 heavy (non-hydrogen) atoms. The Kier molecular flexibility index (Phi) is 4.66. The molecule has 3 heteroatoms. The van der Waals surface area contributed by atoms with Gasteiger partial charge >= 0.3 is 0 Å². The second kappa shape index (κ2) is 7.24. The third-order valence-corrected chi connectivity index (χ3v) is 5.08. The Balaban J connectivity index is 1.34. The third-order valence-electron chi connectivity index (χ3n) is 5.08. The van der Waals surface area contributed by atoms with Gasteiger partial charge < -0.3 is 4.42 Å². The fraction of sp³-hybridized carbons (Fsp3) is 0.318. The average Bonchev–Trinajstić information content (AvgIpc) is 3.10. The Labute approximate surface area is 149 Å². The predicted molar refractivity (Wildman–Crippen MR) is 100 cm³/mol.